The van der Waals surface area contributed by atoms with Gasteiger partial charge in [-0.2, -0.15) is 0 Å². The molecule has 1 aromatic carbocycles. The molecule has 1 aliphatic carbocycles. The zero-order valence-corrected chi connectivity index (χ0v) is 10.1. The van der Waals surface area contributed by atoms with Crippen LogP contribution in [0.5, 0.6) is 0 Å². The third-order valence-electron chi connectivity index (χ3n) is 2.77. The van der Waals surface area contributed by atoms with Gasteiger partial charge < -0.3 is 5.32 Å². The van der Waals surface area contributed by atoms with Gasteiger partial charge in [0.15, 0.2) is 0 Å². The standard InChI is InChI=1S/C11H10ClN5O/c12-9-4-3-8(17-6-13-15-16-17)5-10(9)14-11(18)7-1-2-7/h3-7H,1-2H2,(H,14,18). The van der Waals surface area contributed by atoms with E-state index in [1.807, 2.05) is 0 Å². The van der Waals surface area contributed by atoms with E-state index in [-0.39, 0.29) is 11.8 Å². The fourth-order valence-electron chi connectivity index (χ4n) is 1.61. The van der Waals surface area contributed by atoms with Gasteiger partial charge in [0.1, 0.15) is 6.33 Å². The van der Waals surface area contributed by atoms with Gasteiger partial charge in [-0.05, 0) is 41.5 Å². The van der Waals surface area contributed by atoms with E-state index in [4.69, 9.17) is 11.6 Å². The summed E-state index contributed by atoms with van der Waals surface area (Å²) in [4.78, 5) is 11.7. The number of rotatable bonds is 3. The summed E-state index contributed by atoms with van der Waals surface area (Å²) in [5.74, 6) is 0.156. The Kier molecular flexibility index (Phi) is 2.71. The number of nitrogens with one attached hydrogen (secondary N) is 1. The van der Waals surface area contributed by atoms with Crippen LogP contribution in [-0.2, 0) is 4.79 Å². The van der Waals surface area contributed by atoms with Crippen molar-refractivity contribution in [1.29, 1.82) is 0 Å². The summed E-state index contributed by atoms with van der Waals surface area (Å²) >= 11 is 6.05. The molecule has 6 nitrogen and oxygen atoms in total. The number of tetrazole rings is 1. The maximum absolute atomic E-state index is 11.7. The van der Waals surface area contributed by atoms with Crippen LogP contribution >= 0.6 is 11.6 Å². The second-order valence-electron chi connectivity index (χ2n) is 4.18. The first-order valence-electron chi connectivity index (χ1n) is 5.58. The Hall–Kier alpha value is -1.95. The fourth-order valence-corrected chi connectivity index (χ4v) is 1.78. The van der Waals surface area contributed by atoms with E-state index < -0.39 is 0 Å². The second-order valence-corrected chi connectivity index (χ2v) is 4.59. The van der Waals surface area contributed by atoms with E-state index in [0.29, 0.717) is 10.7 Å². The number of amides is 1. The van der Waals surface area contributed by atoms with Crippen molar-refractivity contribution in [3.8, 4) is 5.69 Å². The van der Waals surface area contributed by atoms with Crippen molar-refractivity contribution in [2.45, 2.75) is 12.8 Å². The average molecular weight is 264 g/mol. The van der Waals surface area contributed by atoms with Crippen molar-refractivity contribution in [2.75, 3.05) is 5.32 Å². The van der Waals surface area contributed by atoms with E-state index in [9.17, 15) is 4.79 Å². The number of carbonyl (C=O) groups excluding carboxylic acids is 1. The van der Waals surface area contributed by atoms with Crippen molar-refractivity contribution < 1.29 is 4.79 Å². The molecule has 1 aliphatic rings. The van der Waals surface area contributed by atoms with Gasteiger partial charge in [0.2, 0.25) is 5.91 Å². The highest BCUT2D eigenvalue weighted by Crippen LogP contribution is 2.32. The Morgan fingerprint density at radius 3 is 2.94 bits per heavy atom. The van der Waals surface area contributed by atoms with Crippen molar-refractivity contribution >= 4 is 23.2 Å². The molecular weight excluding hydrogens is 254 g/mol. The number of benzene rings is 1. The van der Waals surface area contributed by atoms with Gasteiger partial charge in [-0.3, -0.25) is 4.79 Å². The van der Waals surface area contributed by atoms with Crippen LogP contribution in [0.15, 0.2) is 24.5 Å². The van der Waals surface area contributed by atoms with Crippen LogP contribution in [0.3, 0.4) is 0 Å². The molecule has 0 bridgehead atoms. The molecular formula is C11H10ClN5O. The van der Waals surface area contributed by atoms with Crippen LogP contribution in [0.1, 0.15) is 12.8 Å². The SMILES string of the molecule is O=C(Nc1cc(-n2cnnn2)ccc1Cl)C1CC1. The van der Waals surface area contributed by atoms with Gasteiger partial charge >= 0.3 is 0 Å². The Morgan fingerprint density at radius 1 is 1.44 bits per heavy atom. The first-order valence-corrected chi connectivity index (χ1v) is 5.95. The highest BCUT2D eigenvalue weighted by Gasteiger charge is 2.29. The predicted molar refractivity (Wildman–Crippen MR) is 65.5 cm³/mol. The molecule has 3 rings (SSSR count). The number of anilines is 1. The molecule has 7 heteroatoms. The summed E-state index contributed by atoms with van der Waals surface area (Å²) in [6, 6.07) is 5.24. The molecule has 18 heavy (non-hydrogen) atoms. The van der Waals surface area contributed by atoms with Crippen LogP contribution in [0.4, 0.5) is 5.69 Å². The van der Waals surface area contributed by atoms with Crippen LogP contribution in [0.2, 0.25) is 5.02 Å². The number of aromatic nitrogens is 4. The topological polar surface area (TPSA) is 72.7 Å². The minimum atomic E-state index is 0.0192. The summed E-state index contributed by atoms with van der Waals surface area (Å²) in [6.07, 6.45) is 3.39. The van der Waals surface area contributed by atoms with Crippen molar-refractivity contribution in [3.63, 3.8) is 0 Å². The lowest BCUT2D eigenvalue weighted by Crippen LogP contribution is -2.14. The van der Waals surface area contributed by atoms with Crippen molar-refractivity contribution in [2.24, 2.45) is 5.92 Å². The summed E-state index contributed by atoms with van der Waals surface area (Å²) in [7, 11) is 0. The Balaban J connectivity index is 1.88. The van der Waals surface area contributed by atoms with Gasteiger partial charge in [0.05, 0.1) is 16.4 Å². The van der Waals surface area contributed by atoms with E-state index in [0.717, 1.165) is 18.5 Å². The quantitative estimate of drug-likeness (QED) is 0.914. The predicted octanol–water partition coefficient (Wildman–Crippen LogP) is 1.66. The van der Waals surface area contributed by atoms with Crippen LogP contribution in [0.25, 0.3) is 5.69 Å². The molecule has 0 saturated heterocycles. The fraction of sp³-hybridized carbons (Fsp3) is 0.273. The molecule has 1 fully saturated rings. The Bertz CT molecular complexity index is 579. The van der Waals surface area contributed by atoms with Crippen LogP contribution in [0, 0.1) is 5.92 Å². The summed E-state index contributed by atoms with van der Waals surface area (Å²) < 4.78 is 1.50. The number of hydrogen-bond donors (Lipinski definition) is 1. The lowest BCUT2D eigenvalue weighted by Gasteiger charge is -2.08. The minimum Gasteiger partial charge on any atom is -0.324 e. The molecule has 0 radical (unpaired) electrons. The molecule has 1 saturated carbocycles. The highest BCUT2D eigenvalue weighted by molar-refractivity contribution is 6.33. The number of hydrogen-bond acceptors (Lipinski definition) is 4. The lowest BCUT2D eigenvalue weighted by molar-refractivity contribution is -0.117. The molecule has 0 unspecified atom stereocenters. The first-order chi connectivity index (χ1) is 8.74. The van der Waals surface area contributed by atoms with Gasteiger partial charge in [0, 0.05) is 5.92 Å². The van der Waals surface area contributed by atoms with Crippen LogP contribution < -0.4 is 5.32 Å². The molecule has 2 aromatic rings. The van der Waals surface area contributed by atoms with Gasteiger partial charge in [-0.15, -0.1) is 5.10 Å². The third-order valence-corrected chi connectivity index (χ3v) is 3.10. The normalized spacial score (nSPS) is 14.5. The number of carbonyl (C=O) groups is 1. The highest BCUT2D eigenvalue weighted by atomic mass is 35.5. The van der Waals surface area contributed by atoms with E-state index >= 15 is 0 Å². The van der Waals surface area contributed by atoms with E-state index in [2.05, 4.69) is 20.8 Å². The molecule has 0 spiro atoms. The Morgan fingerprint density at radius 2 is 2.28 bits per heavy atom. The van der Waals surface area contributed by atoms with Gasteiger partial charge in [0.25, 0.3) is 0 Å². The largest absolute Gasteiger partial charge is 0.324 e. The zero-order valence-electron chi connectivity index (χ0n) is 9.38. The third kappa shape index (κ3) is 2.19. The number of halogens is 1. The molecule has 1 N–H and O–H groups in total. The minimum absolute atomic E-state index is 0.0192. The molecule has 1 heterocycles. The van der Waals surface area contributed by atoms with E-state index in [1.165, 1.54) is 11.0 Å². The molecule has 92 valence electrons. The smallest absolute Gasteiger partial charge is 0.227 e. The van der Waals surface area contributed by atoms with Crippen molar-refractivity contribution in [3.05, 3.63) is 29.5 Å². The monoisotopic (exact) mass is 263 g/mol. The second kappa shape index (κ2) is 4.38. The summed E-state index contributed by atoms with van der Waals surface area (Å²) in [6.45, 7) is 0. The molecule has 1 aromatic heterocycles. The molecule has 0 aliphatic heterocycles. The zero-order chi connectivity index (χ0) is 12.5. The number of nitrogens with zero attached hydrogens (tertiary/aromatic N) is 4. The average Bonchev–Trinajstić information content (AvgIpc) is 3.08. The molecule has 1 amide bonds. The molecule has 0 atom stereocenters. The van der Waals surface area contributed by atoms with E-state index in [1.54, 1.807) is 18.2 Å². The lowest BCUT2D eigenvalue weighted by atomic mass is 10.2. The van der Waals surface area contributed by atoms with Crippen LogP contribution in [-0.4, -0.2) is 26.1 Å². The Labute approximate surface area is 108 Å². The summed E-state index contributed by atoms with van der Waals surface area (Å²) in [5.41, 5.74) is 1.33. The maximum Gasteiger partial charge on any atom is 0.227 e. The maximum atomic E-state index is 11.7. The summed E-state index contributed by atoms with van der Waals surface area (Å²) in [5, 5.41) is 14.2. The van der Waals surface area contributed by atoms with Gasteiger partial charge in [-0.25, -0.2) is 4.68 Å². The van der Waals surface area contributed by atoms with Gasteiger partial charge in [-0.1, -0.05) is 11.6 Å². The first kappa shape index (κ1) is 11.2. The van der Waals surface area contributed by atoms with Crippen molar-refractivity contribution in [1.82, 2.24) is 20.2 Å².